The molecule has 0 saturated carbocycles. The number of fused-ring (bicyclic) bond motifs is 1. The van der Waals surface area contributed by atoms with E-state index in [-0.39, 0.29) is 10.8 Å². The van der Waals surface area contributed by atoms with Gasteiger partial charge >= 0.3 is 0 Å². The third-order valence-corrected chi connectivity index (χ3v) is 5.89. The zero-order valence-corrected chi connectivity index (χ0v) is 17.3. The molecule has 32 heavy (non-hydrogen) atoms. The molecule has 0 spiro atoms. The molecule has 5 aromatic rings. The van der Waals surface area contributed by atoms with Crippen molar-refractivity contribution in [2.45, 2.75) is 4.90 Å². The van der Waals surface area contributed by atoms with Crippen molar-refractivity contribution in [2.24, 2.45) is 0 Å². The predicted octanol–water partition coefficient (Wildman–Crippen LogP) is 3.13. The molecule has 11 heteroatoms. The van der Waals surface area contributed by atoms with Crippen molar-refractivity contribution in [1.82, 2.24) is 29.3 Å². The van der Waals surface area contributed by atoms with Crippen molar-refractivity contribution in [2.75, 3.05) is 10.0 Å². The van der Waals surface area contributed by atoms with Crippen molar-refractivity contribution in [3.8, 4) is 11.4 Å². The van der Waals surface area contributed by atoms with Crippen LogP contribution in [-0.2, 0) is 10.0 Å². The maximum Gasteiger partial charge on any atom is 0.264 e. The summed E-state index contributed by atoms with van der Waals surface area (Å²) < 4.78 is 29.3. The lowest BCUT2D eigenvalue weighted by Crippen LogP contribution is -2.14. The minimum Gasteiger partial charge on any atom is -0.324 e. The number of sulfonamides is 1. The minimum atomic E-state index is -3.80. The number of imidazole rings is 1. The number of hydrogen-bond acceptors (Lipinski definition) is 8. The molecule has 0 aliphatic heterocycles. The molecule has 10 nitrogen and oxygen atoms in total. The van der Waals surface area contributed by atoms with Gasteiger partial charge in [-0.2, -0.15) is 0 Å². The second-order valence-corrected chi connectivity index (χ2v) is 8.35. The Balaban J connectivity index is 1.35. The van der Waals surface area contributed by atoms with Crippen LogP contribution < -0.4 is 10.0 Å². The summed E-state index contributed by atoms with van der Waals surface area (Å²) in [7, 11) is -3.80. The topological polar surface area (TPSA) is 127 Å². The lowest BCUT2D eigenvalue weighted by Gasteiger charge is -2.09. The second kappa shape index (κ2) is 8.04. The maximum atomic E-state index is 12.5. The molecule has 0 radical (unpaired) electrons. The third kappa shape index (κ3) is 3.96. The quantitative estimate of drug-likeness (QED) is 0.409. The van der Waals surface area contributed by atoms with Crippen molar-refractivity contribution >= 4 is 33.3 Å². The molecule has 0 amide bonds. The lowest BCUT2D eigenvalue weighted by molar-refractivity contribution is 0.601. The molecule has 0 saturated heterocycles. The number of nitrogens with zero attached hydrogens (tertiary/aromatic N) is 6. The third-order valence-electron chi connectivity index (χ3n) is 4.55. The van der Waals surface area contributed by atoms with Crippen LogP contribution in [0.2, 0.25) is 0 Å². The van der Waals surface area contributed by atoms with Crippen molar-refractivity contribution in [3.63, 3.8) is 0 Å². The van der Waals surface area contributed by atoms with E-state index in [1.165, 1.54) is 24.5 Å². The summed E-state index contributed by atoms with van der Waals surface area (Å²) in [6.45, 7) is 0. The molecule has 0 aliphatic carbocycles. The van der Waals surface area contributed by atoms with Crippen LogP contribution in [0.3, 0.4) is 0 Å². The zero-order valence-electron chi connectivity index (χ0n) is 16.5. The molecule has 4 aromatic heterocycles. The van der Waals surface area contributed by atoms with Crippen LogP contribution in [0.25, 0.3) is 17.0 Å². The summed E-state index contributed by atoms with van der Waals surface area (Å²) in [5, 5.41) is 3.09. The van der Waals surface area contributed by atoms with E-state index in [1.807, 2.05) is 28.8 Å². The van der Waals surface area contributed by atoms with Crippen LogP contribution in [-0.4, -0.2) is 37.7 Å². The van der Waals surface area contributed by atoms with Gasteiger partial charge in [-0.15, -0.1) is 0 Å². The maximum absolute atomic E-state index is 12.5. The Bertz CT molecular complexity index is 1490. The van der Waals surface area contributed by atoms with Crippen LogP contribution in [0.5, 0.6) is 0 Å². The van der Waals surface area contributed by atoms with E-state index in [4.69, 9.17) is 0 Å². The van der Waals surface area contributed by atoms with Gasteiger partial charge in [-0.1, -0.05) is 6.07 Å². The molecular formula is C21H16N8O2S. The summed E-state index contributed by atoms with van der Waals surface area (Å²) in [6.07, 6.45) is 8.23. The highest BCUT2D eigenvalue weighted by Gasteiger charge is 2.15. The summed E-state index contributed by atoms with van der Waals surface area (Å²) in [6, 6.07) is 15.4. The summed E-state index contributed by atoms with van der Waals surface area (Å²) >= 11 is 0. The largest absolute Gasteiger partial charge is 0.324 e. The first-order chi connectivity index (χ1) is 15.6. The molecule has 1 aromatic carbocycles. The average Bonchev–Trinajstić information content (AvgIpc) is 3.24. The number of nitrogens with one attached hydrogen (secondary N) is 2. The van der Waals surface area contributed by atoms with Gasteiger partial charge in [-0.05, 0) is 48.5 Å². The van der Waals surface area contributed by atoms with Gasteiger partial charge in [0.25, 0.3) is 10.0 Å². The number of pyridine rings is 1. The fraction of sp³-hybridized carbons (Fsp3) is 0. The van der Waals surface area contributed by atoms with Gasteiger partial charge in [0.05, 0.1) is 22.5 Å². The Morgan fingerprint density at radius 3 is 2.38 bits per heavy atom. The standard InChI is InChI=1S/C21H16N8O2S/c30-32(31,28-20-22-10-3-11-23-20)16-7-5-15(6-8-16)26-21-24-12-9-17(27-21)18-14-25-19-4-1-2-13-29(18)19/h1-14H,(H,22,23,28)(H,24,26,27). The van der Waals surface area contributed by atoms with Gasteiger partial charge in [-0.25, -0.2) is 38.1 Å². The Hall–Kier alpha value is -4.38. The Morgan fingerprint density at radius 2 is 1.56 bits per heavy atom. The number of hydrogen-bond donors (Lipinski definition) is 2. The molecule has 0 aliphatic rings. The van der Waals surface area contributed by atoms with Crippen LogP contribution in [0.4, 0.5) is 17.6 Å². The first-order valence-corrected chi connectivity index (χ1v) is 11.0. The van der Waals surface area contributed by atoms with E-state index in [0.29, 0.717) is 17.3 Å². The fourth-order valence-electron chi connectivity index (χ4n) is 3.06. The highest BCUT2D eigenvalue weighted by Crippen LogP contribution is 2.22. The van der Waals surface area contributed by atoms with E-state index in [9.17, 15) is 8.42 Å². The summed E-state index contributed by atoms with van der Waals surface area (Å²) in [5.74, 6) is 0.382. The Kier molecular flexibility index (Phi) is 4.92. The molecule has 0 bridgehead atoms. The fourth-order valence-corrected chi connectivity index (χ4v) is 4.02. The SMILES string of the molecule is O=S(=O)(Nc1ncccn1)c1ccc(Nc2nccc(-c3cnc4ccccn34)n2)cc1. The first-order valence-electron chi connectivity index (χ1n) is 9.51. The molecule has 5 rings (SSSR count). The smallest absolute Gasteiger partial charge is 0.264 e. The van der Waals surface area contributed by atoms with E-state index < -0.39 is 10.0 Å². The van der Waals surface area contributed by atoms with Gasteiger partial charge in [0.2, 0.25) is 11.9 Å². The van der Waals surface area contributed by atoms with E-state index in [2.05, 4.69) is 35.0 Å². The van der Waals surface area contributed by atoms with Crippen LogP contribution in [0.15, 0.2) is 90.5 Å². The van der Waals surface area contributed by atoms with Crippen LogP contribution in [0.1, 0.15) is 0 Å². The monoisotopic (exact) mass is 444 g/mol. The van der Waals surface area contributed by atoms with Crippen molar-refractivity contribution < 1.29 is 8.42 Å². The normalized spacial score (nSPS) is 11.4. The zero-order chi connectivity index (χ0) is 22.0. The summed E-state index contributed by atoms with van der Waals surface area (Å²) in [5.41, 5.74) is 2.99. The van der Waals surface area contributed by atoms with Gasteiger partial charge < -0.3 is 5.32 Å². The molecular weight excluding hydrogens is 428 g/mol. The van der Waals surface area contributed by atoms with Crippen LogP contribution >= 0.6 is 0 Å². The number of anilines is 3. The van der Waals surface area contributed by atoms with E-state index in [0.717, 1.165) is 11.3 Å². The average molecular weight is 444 g/mol. The molecule has 0 fully saturated rings. The van der Waals surface area contributed by atoms with E-state index >= 15 is 0 Å². The minimum absolute atomic E-state index is 0.00677. The molecule has 4 heterocycles. The predicted molar refractivity (Wildman–Crippen MR) is 119 cm³/mol. The molecule has 0 atom stereocenters. The first kappa shape index (κ1) is 19.6. The summed E-state index contributed by atoms with van der Waals surface area (Å²) in [4.78, 5) is 21.0. The van der Waals surface area contributed by atoms with Crippen molar-refractivity contribution in [3.05, 3.63) is 85.6 Å². The van der Waals surface area contributed by atoms with Crippen molar-refractivity contribution in [1.29, 1.82) is 0 Å². The Morgan fingerprint density at radius 1 is 0.781 bits per heavy atom. The van der Waals surface area contributed by atoms with Gasteiger partial charge in [0.15, 0.2) is 0 Å². The van der Waals surface area contributed by atoms with Crippen LogP contribution in [0, 0.1) is 0 Å². The van der Waals surface area contributed by atoms with E-state index in [1.54, 1.807) is 36.7 Å². The number of rotatable bonds is 6. The molecule has 0 unspecified atom stereocenters. The van der Waals surface area contributed by atoms with Gasteiger partial charge in [0, 0.05) is 30.5 Å². The molecule has 2 N–H and O–H groups in total. The number of benzene rings is 1. The highest BCUT2D eigenvalue weighted by molar-refractivity contribution is 7.92. The second-order valence-electron chi connectivity index (χ2n) is 6.67. The number of aromatic nitrogens is 6. The lowest BCUT2D eigenvalue weighted by atomic mass is 10.3. The van der Waals surface area contributed by atoms with Gasteiger partial charge in [0.1, 0.15) is 5.65 Å². The van der Waals surface area contributed by atoms with Gasteiger partial charge in [-0.3, -0.25) is 4.40 Å². The molecule has 158 valence electrons. The Labute approximate surface area is 183 Å². The highest BCUT2D eigenvalue weighted by atomic mass is 32.2.